The van der Waals surface area contributed by atoms with E-state index in [0.29, 0.717) is 34.8 Å². The monoisotopic (exact) mass is 492 g/mol. The second kappa shape index (κ2) is 10.7. The van der Waals surface area contributed by atoms with Gasteiger partial charge >= 0.3 is 5.97 Å². The molecule has 1 unspecified atom stereocenters. The molecule has 0 saturated carbocycles. The number of hydrogen-bond donors (Lipinski definition) is 1. The number of fused-ring (bicyclic) bond motifs is 3. The first-order valence-electron chi connectivity index (χ1n) is 12.2. The molecule has 5 nitrogen and oxygen atoms in total. The van der Waals surface area contributed by atoms with E-state index in [1.54, 1.807) is 38.1 Å². The molecular weight excluding hydrogens is 464 g/mol. The fourth-order valence-corrected chi connectivity index (χ4v) is 4.41. The molecule has 1 aliphatic rings. The highest BCUT2D eigenvalue weighted by Crippen LogP contribution is 2.41. The van der Waals surface area contributed by atoms with Crippen molar-refractivity contribution in [1.29, 1.82) is 0 Å². The number of benzene rings is 4. The summed E-state index contributed by atoms with van der Waals surface area (Å²) in [6.07, 6.45) is -1.60. The first kappa shape index (κ1) is 24.3. The van der Waals surface area contributed by atoms with Crippen LogP contribution in [0.4, 0.5) is 0 Å². The maximum atomic E-state index is 13.2. The molecule has 0 bridgehead atoms. The fourth-order valence-electron chi connectivity index (χ4n) is 4.41. The topological polar surface area (TPSA) is 65.0 Å². The Hall–Kier alpha value is -4.35. The number of ether oxygens (including phenoxy) is 3. The molecule has 37 heavy (non-hydrogen) atoms. The summed E-state index contributed by atoms with van der Waals surface area (Å²) in [7, 11) is 0. The Labute approximate surface area is 216 Å². The average molecular weight is 493 g/mol. The van der Waals surface area contributed by atoms with Crippen molar-refractivity contribution >= 4 is 5.97 Å². The molecule has 1 N–H and O–H groups in total. The number of aliphatic hydroxyl groups is 1. The molecule has 1 atom stereocenters. The van der Waals surface area contributed by atoms with Crippen LogP contribution in [0.25, 0.3) is 11.1 Å². The van der Waals surface area contributed by atoms with Gasteiger partial charge in [-0.05, 0) is 66.4 Å². The van der Waals surface area contributed by atoms with Crippen LogP contribution in [-0.4, -0.2) is 23.5 Å². The van der Waals surface area contributed by atoms with Crippen molar-refractivity contribution in [1.82, 2.24) is 0 Å². The van der Waals surface area contributed by atoms with Crippen molar-refractivity contribution in [3.63, 3.8) is 0 Å². The van der Waals surface area contributed by atoms with Gasteiger partial charge in [0.2, 0.25) is 0 Å². The number of rotatable bonds is 8. The van der Waals surface area contributed by atoms with Gasteiger partial charge < -0.3 is 19.3 Å². The van der Waals surface area contributed by atoms with Crippen molar-refractivity contribution < 1.29 is 24.1 Å². The molecule has 4 aromatic rings. The van der Waals surface area contributed by atoms with Crippen LogP contribution in [0, 0.1) is 0 Å². The summed E-state index contributed by atoms with van der Waals surface area (Å²) in [6, 6.07) is 32.2. The molecule has 4 aromatic carbocycles. The van der Waals surface area contributed by atoms with Crippen LogP contribution in [-0.2, 0) is 11.2 Å². The number of aliphatic hydroxyl groups excluding tert-OH is 1. The minimum Gasteiger partial charge on any atom is -0.452 e. The zero-order valence-electron chi connectivity index (χ0n) is 20.8. The van der Waals surface area contributed by atoms with Gasteiger partial charge in [0.05, 0.1) is 0 Å². The van der Waals surface area contributed by atoms with Crippen LogP contribution in [0.3, 0.4) is 0 Å². The second-order valence-corrected chi connectivity index (χ2v) is 8.99. The highest BCUT2D eigenvalue weighted by atomic mass is 16.7. The summed E-state index contributed by atoms with van der Waals surface area (Å²) in [5.74, 6) is 1.07. The molecule has 1 aliphatic carbocycles. The molecule has 0 radical (unpaired) electrons. The number of hydrogen-bond acceptors (Lipinski definition) is 5. The lowest BCUT2D eigenvalue weighted by Crippen LogP contribution is -2.38. The predicted octanol–water partition coefficient (Wildman–Crippen LogP) is 6.34. The Bertz CT molecular complexity index is 1380. The van der Waals surface area contributed by atoms with Gasteiger partial charge in [0, 0.05) is 17.6 Å². The van der Waals surface area contributed by atoms with Crippen LogP contribution in [0.1, 0.15) is 25.0 Å². The zero-order chi connectivity index (χ0) is 25.8. The molecule has 0 spiro atoms. The van der Waals surface area contributed by atoms with Crippen LogP contribution < -0.4 is 14.2 Å². The Kier molecular flexibility index (Phi) is 7.06. The Morgan fingerprint density at radius 1 is 0.730 bits per heavy atom. The molecule has 0 aliphatic heterocycles. The standard InChI is InChI=1S/C32H28O5/c1-21(30(33)32(35-24-13-5-3-6-14-24)36-25-15-7-4-8-16-25)22(2)31(34)37-29-19-11-18-27-26-17-10-9-12-23(26)20-28(27)29/h3-19,30,32-33H,20H2,1-2H3. The number of para-hydroxylation sites is 2. The van der Waals surface area contributed by atoms with Crippen LogP contribution in [0.5, 0.6) is 17.2 Å². The highest BCUT2D eigenvalue weighted by molar-refractivity contribution is 5.91. The first-order valence-corrected chi connectivity index (χ1v) is 12.2. The summed E-state index contributed by atoms with van der Waals surface area (Å²) < 4.78 is 17.8. The largest absolute Gasteiger partial charge is 0.452 e. The average Bonchev–Trinajstić information content (AvgIpc) is 3.32. The predicted molar refractivity (Wildman–Crippen MR) is 143 cm³/mol. The van der Waals surface area contributed by atoms with E-state index in [9.17, 15) is 9.90 Å². The van der Waals surface area contributed by atoms with Crippen molar-refractivity contribution in [3.8, 4) is 28.4 Å². The molecule has 0 saturated heterocycles. The van der Waals surface area contributed by atoms with E-state index < -0.39 is 18.4 Å². The number of carbonyl (C=O) groups excluding carboxylic acids is 1. The van der Waals surface area contributed by atoms with E-state index in [-0.39, 0.29) is 0 Å². The highest BCUT2D eigenvalue weighted by Gasteiger charge is 2.29. The quantitative estimate of drug-likeness (QED) is 0.118. The Balaban J connectivity index is 1.37. The van der Waals surface area contributed by atoms with Gasteiger partial charge in [-0.15, -0.1) is 0 Å². The summed E-state index contributed by atoms with van der Waals surface area (Å²) in [5, 5.41) is 11.2. The molecule has 0 aromatic heterocycles. The lowest BCUT2D eigenvalue weighted by Gasteiger charge is -2.26. The summed E-state index contributed by atoms with van der Waals surface area (Å²) in [6.45, 7) is 3.32. The van der Waals surface area contributed by atoms with Crippen LogP contribution >= 0.6 is 0 Å². The van der Waals surface area contributed by atoms with Crippen molar-refractivity contribution in [2.75, 3.05) is 0 Å². The molecule has 5 heteroatoms. The first-order chi connectivity index (χ1) is 18.0. The van der Waals surface area contributed by atoms with E-state index >= 15 is 0 Å². The second-order valence-electron chi connectivity index (χ2n) is 8.99. The lowest BCUT2D eigenvalue weighted by atomic mass is 10.0. The number of carbonyl (C=O) groups is 1. The van der Waals surface area contributed by atoms with Crippen LogP contribution in [0.2, 0.25) is 0 Å². The fraction of sp³-hybridized carbons (Fsp3) is 0.156. The van der Waals surface area contributed by atoms with E-state index in [1.165, 1.54) is 5.56 Å². The smallest absolute Gasteiger partial charge is 0.339 e. The molecule has 5 rings (SSSR count). The molecule has 0 fully saturated rings. The normalized spacial score (nSPS) is 13.3. The van der Waals surface area contributed by atoms with Crippen molar-refractivity contribution in [2.45, 2.75) is 32.7 Å². The van der Waals surface area contributed by atoms with E-state index in [1.807, 2.05) is 66.7 Å². The zero-order valence-corrected chi connectivity index (χ0v) is 20.8. The Morgan fingerprint density at radius 2 is 1.30 bits per heavy atom. The van der Waals surface area contributed by atoms with E-state index in [4.69, 9.17) is 14.2 Å². The molecule has 0 amide bonds. The SMILES string of the molecule is CC(C(=O)Oc1cccc2c1Cc1ccccc1-2)=C(C)C(O)C(Oc1ccccc1)Oc1ccccc1. The molecular formula is C32H28O5. The lowest BCUT2D eigenvalue weighted by molar-refractivity contribution is -0.130. The van der Waals surface area contributed by atoms with Gasteiger partial charge in [0.15, 0.2) is 0 Å². The van der Waals surface area contributed by atoms with Gasteiger partial charge in [-0.25, -0.2) is 4.79 Å². The van der Waals surface area contributed by atoms with Gasteiger partial charge in [-0.3, -0.25) is 0 Å². The van der Waals surface area contributed by atoms with Crippen molar-refractivity contribution in [2.24, 2.45) is 0 Å². The minimum atomic E-state index is -1.22. The molecule has 0 heterocycles. The summed E-state index contributed by atoms with van der Waals surface area (Å²) >= 11 is 0. The third-order valence-electron chi connectivity index (χ3n) is 6.60. The van der Waals surface area contributed by atoms with Gasteiger partial charge in [-0.1, -0.05) is 72.8 Å². The van der Waals surface area contributed by atoms with Gasteiger partial charge in [0.25, 0.3) is 6.29 Å². The summed E-state index contributed by atoms with van der Waals surface area (Å²) in [4.78, 5) is 13.2. The summed E-state index contributed by atoms with van der Waals surface area (Å²) in [5.41, 5.74) is 5.12. The number of esters is 1. The van der Waals surface area contributed by atoms with Crippen molar-refractivity contribution in [3.05, 3.63) is 125 Å². The third kappa shape index (κ3) is 5.27. The molecule has 186 valence electrons. The Morgan fingerprint density at radius 3 is 1.95 bits per heavy atom. The minimum absolute atomic E-state index is 0.291. The van der Waals surface area contributed by atoms with Crippen LogP contribution in [0.15, 0.2) is 114 Å². The van der Waals surface area contributed by atoms with E-state index in [2.05, 4.69) is 12.1 Å². The maximum absolute atomic E-state index is 13.2. The maximum Gasteiger partial charge on any atom is 0.339 e. The van der Waals surface area contributed by atoms with Gasteiger partial charge in [-0.2, -0.15) is 0 Å². The third-order valence-corrected chi connectivity index (χ3v) is 6.60. The van der Waals surface area contributed by atoms with E-state index in [0.717, 1.165) is 16.7 Å². The van der Waals surface area contributed by atoms with Gasteiger partial charge in [0.1, 0.15) is 23.4 Å².